The molecule has 1 heterocycles. The lowest BCUT2D eigenvalue weighted by Crippen LogP contribution is -2.23. The first-order valence-corrected chi connectivity index (χ1v) is 7.65. The Morgan fingerprint density at radius 3 is 2.80 bits per heavy atom. The van der Waals surface area contributed by atoms with Crippen LogP contribution in [0.25, 0.3) is 0 Å². The highest BCUT2D eigenvalue weighted by atomic mass is 79.9. The number of rotatable bonds is 6. The number of nitrogens with zero attached hydrogens (tertiary/aromatic N) is 2. The van der Waals surface area contributed by atoms with Gasteiger partial charge in [-0.25, -0.2) is 4.39 Å². The first-order valence-electron chi connectivity index (χ1n) is 6.86. The number of nitrogens with one attached hydrogen (secondary N) is 1. The van der Waals surface area contributed by atoms with E-state index < -0.39 is 0 Å². The SMILES string of the molecule is CCCNC(c1cnn(CC)c1)c1ccc(Br)cc1F. The lowest BCUT2D eigenvalue weighted by molar-refractivity contribution is 0.545. The fourth-order valence-corrected chi connectivity index (χ4v) is 2.47. The minimum absolute atomic E-state index is 0.164. The fourth-order valence-electron chi connectivity index (χ4n) is 2.13. The molecule has 20 heavy (non-hydrogen) atoms. The Hall–Kier alpha value is -1.20. The van der Waals surface area contributed by atoms with E-state index in [4.69, 9.17) is 0 Å². The van der Waals surface area contributed by atoms with E-state index in [9.17, 15) is 4.39 Å². The van der Waals surface area contributed by atoms with E-state index in [1.165, 1.54) is 6.07 Å². The zero-order valence-corrected chi connectivity index (χ0v) is 13.3. The van der Waals surface area contributed by atoms with Crippen molar-refractivity contribution in [3.8, 4) is 0 Å². The van der Waals surface area contributed by atoms with Gasteiger partial charge in [0, 0.05) is 28.3 Å². The van der Waals surface area contributed by atoms with Crippen LogP contribution in [0.5, 0.6) is 0 Å². The molecule has 0 aliphatic rings. The molecule has 1 unspecified atom stereocenters. The smallest absolute Gasteiger partial charge is 0.129 e. The Morgan fingerprint density at radius 2 is 2.20 bits per heavy atom. The van der Waals surface area contributed by atoms with Crippen molar-refractivity contribution in [3.05, 3.63) is 52.0 Å². The second kappa shape index (κ2) is 6.99. The van der Waals surface area contributed by atoms with Gasteiger partial charge in [-0.2, -0.15) is 5.10 Å². The summed E-state index contributed by atoms with van der Waals surface area (Å²) in [5.74, 6) is -0.211. The summed E-state index contributed by atoms with van der Waals surface area (Å²) in [5, 5.41) is 7.67. The van der Waals surface area contributed by atoms with Crippen LogP contribution in [0.3, 0.4) is 0 Å². The Labute approximate surface area is 127 Å². The molecule has 1 aromatic heterocycles. The van der Waals surface area contributed by atoms with Crippen molar-refractivity contribution in [2.75, 3.05) is 6.54 Å². The van der Waals surface area contributed by atoms with Crippen LogP contribution in [-0.2, 0) is 6.54 Å². The summed E-state index contributed by atoms with van der Waals surface area (Å²) >= 11 is 3.29. The normalized spacial score (nSPS) is 12.6. The van der Waals surface area contributed by atoms with Gasteiger partial charge in [0.15, 0.2) is 0 Å². The molecule has 2 rings (SSSR count). The van der Waals surface area contributed by atoms with Gasteiger partial charge in [0.1, 0.15) is 5.82 Å². The molecular formula is C15H19BrFN3. The maximum atomic E-state index is 14.2. The molecule has 0 bridgehead atoms. The van der Waals surface area contributed by atoms with Crippen LogP contribution in [-0.4, -0.2) is 16.3 Å². The molecule has 0 amide bonds. The van der Waals surface area contributed by atoms with E-state index in [1.54, 1.807) is 6.20 Å². The number of aromatic nitrogens is 2. The van der Waals surface area contributed by atoms with Gasteiger partial charge in [0.2, 0.25) is 0 Å². The van der Waals surface area contributed by atoms with Gasteiger partial charge in [-0.3, -0.25) is 4.68 Å². The molecule has 0 aliphatic heterocycles. The van der Waals surface area contributed by atoms with E-state index in [1.807, 2.05) is 29.9 Å². The van der Waals surface area contributed by atoms with Gasteiger partial charge in [0.25, 0.3) is 0 Å². The molecule has 1 aromatic carbocycles. The van der Waals surface area contributed by atoms with Crippen molar-refractivity contribution in [2.24, 2.45) is 0 Å². The molecule has 0 fully saturated rings. The molecule has 0 aliphatic carbocycles. The van der Waals surface area contributed by atoms with Crippen molar-refractivity contribution < 1.29 is 4.39 Å². The van der Waals surface area contributed by atoms with Crippen molar-refractivity contribution in [1.82, 2.24) is 15.1 Å². The third kappa shape index (κ3) is 3.46. The standard InChI is InChI=1S/C15H19BrFN3/c1-3-7-18-15(11-9-19-20(4-2)10-11)13-6-5-12(16)8-14(13)17/h5-6,8-10,15,18H,3-4,7H2,1-2H3. The molecule has 0 spiro atoms. The third-order valence-electron chi connectivity index (χ3n) is 3.18. The van der Waals surface area contributed by atoms with E-state index >= 15 is 0 Å². The lowest BCUT2D eigenvalue weighted by atomic mass is 10.0. The molecule has 3 nitrogen and oxygen atoms in total. The predicted molar refractivity (Wildman–Crippen MR) is 82.1 cm³/mol. The number of halogens is 2. The maximum absolute atomic E-state index is 14.2. The van der Waals surface area contributed by atoms with Gasteiger partial charge >= 0.3 is 0 Å². The van der Waals surface area contributed by atoms with Crippen LogP contribution in [0, 0.1) is 5.82 Å². The van der Waals surface area contributed by atoms with Crippen molar-refractivity contribution >= 4 is 15.9 Å². The minimum Gasteiger partial charge on any atom is -0.306 e. The summed E-state index contributed by atoms with van der Waals surface area (Å²) in [4.78, 5) is 0. The zero-order chi connectivity index (χ0) is 14.5. The fraction of sp³-hybridized carbons (Fsp3) is 0.400. The van der Waals surface area contributed by atoms with Crippen molar-refractivity contribution in [1.29, 1.82) is 0 Å². The molecular weight excluding hydrogens is 321 g/mol. The van der Waals surface area contributed by atoms with Crippen LogP contribution in [0.2, 0.25) is 0 Å². The van der Waals surface area contributed by atoms with E-state index in [2.05, 4.69) is 33.3 Å². The quantitative estimate of drug-likeness (QED) is 0.865. The largest absolute Gasteiger partial charge is 0.306 e. The first kappa shape index (κ1) is 15.2. The minimum atomic E-state index is -0.211. The molecule has 1 N–H and O–H groups in total. The van der Waals surface area contributed by atoms with E-state index in [0.29, 0.717) is 5.56 Å². The second-order valence-corrected chi connectivity index (χ2v) is 5.60. The molecule has 5 heteroatoms. The lowest BCUT2D eigenvalue weighted by Gasteiger charge is -2.18. The highest BCUT2D eigenvalue weighted by Gasteiger charge is 2.19. The van der Waals surface area contributed by atoms with Gasteiger partial charge in [-0.15, -0.1) is 0 Å². The van der Waals surface area contributed by atoms with Crippen LogP contribution >= 0.6 is 15.9 Å². The summed E-state index contributed by atoms with van der Waals surface area (Å²) in [7, 11) is 0. The van der Waals surface area contributed by atoms with Crippen LogP contribution < -0.4 is 5.32 Å². The Bertz CT molecular complexity index is 568. The van der Waals surface area contributed by atoms with Crippen molar-refractivity contribution in [2.45, 2.75) is 32.9 Å². The topological polar surface area (TPSA) is 29.9 Å². The Kier molecular flexibility index (Phi) is 5.31. The first-order chi connectivity index (χ1) is 9.65. The molecule has 0 radical (unpaired) electrons. The van der Waals surface area contributed by atoms with Gasteiger partial charge in [-0.1, -0.05) is 28.9 Å². The monoisotopic (exact) mass is 339 g/mol. The summed E-state index contributed by atoms with van der Waals surface area (Å²) in [6.45, 7) is 5.77. The van der Waals surface area contributed by atoms with E-state index in [-0.39, 0.29) is 11.9 Å². The molecule has 1 atom stereocenters. The number of benzene rings is 1. The van der Waals surface area contributed by atoms with Crippen molar-refractivity contribution in [3.63, 3.8) is 0 Å². The number of hydrogen-bond acceptors (Lipinski definition) is 2. The van der Waals surface area contributed by atoms with Gasteiger partial charge in [-0.05, 0) is 32.0 Å². The van der Waals surface area contributed by atoms with E-state index in [0.717, 1.165) is 29.5 Å². The molecule has 108 valence electrons. The summed E-state index contributed by atoms with van der Waals surface area (Å²) < 4.78 is 16.8. The number of aryl methyl sites for hydroxylation is 1. The summed E-state index contributed by atoms with van der Waals surface area (Å²) in [6.07, 6.45) is 4.77. The van der Waals surface area contributed by atoms with Crippen LogP contribution in [0.1, 0.15) is 37.4 Å². The zero-order valence-electron chi connectivity index (χ0n) is 11.7. The summed E-state index contributed by atoms with van der Waals surface area (Å²) in [5.41, 5.74) is 1.64. The predicted octanol–water partition coefficient (Wildman–Crippen LogP) is 3.89. The molecule has 0 saturated carbocycles. The third-order valence-corrected chi connectivity index (χ3v) is 3.68. The van der Waals surface area contributed by atoms with Crippen LogP contribution in [0.4, 0.5) is 4.39 Å². The Balaban J connectivity index is 2.35. The average molecular weight is 340 g/mol. The Morgan fingerprint density at radius 1 is 1.40 bits per heavy atom. The summed E-state index contributed by atoms with van der Waals surface area (Å²) in [6, 6.07) is 5.02. The highest BCUT2D eigenvalue weighted by molar-refractivity contribution is 9.10. The average Bonchev–Trinajstić information content (AvgIpc) is 2.90. The van der Waals surface area contributed by atoms with Gasteiger partial charge in [0.05, 0.1) is 12.2 Å². The molecule has 2 aromatic rings. The van der Waals surface area contributed by atoms with Gasteiger partial charge < -0.3 is 5.32 Å². The molecule has 0 saturated heterocycles. The maximum Gasteiger partial charge on any atom is 0.129 e. The number of hydrogen-bond donors (Lipinski definition) is 1. The van der Waals surface area contributed by atoms with Crippen LogP contribution in [0.15, 0.2) is 35.1 Å². The second-order valence-electron chi connectivity index (χ2n) is 4.68. The highest BCUT2D eigenvalue weighted by Crippen LogP contribution is 2.26.